The molecule has 0 saturated carbocycles. The Bertz CT molecular complexity index is 652. The van der Waals surface area contributed by atoms with Crippen molar-refractivity contribution in [1.82, 2.24) is 9.55 Å². The second-order valence-corrected chi connectivity index (χ2v) is 6.05. The Morgan fingerprint density at radius 2 is 2.15 bits per heavy atom. The zero-order chi connectivity index (χ0) is 14.9. The number of anilines is 1. The number of pyridine rings is 1. The van der Waals surface area contributed by atoms with Crippen LogP contribution in [0.1, 0.15) is 36.1 Å². The van der Waals surface area contributed by atoms with Gasteiger partial charge in [0.15, 0.2) is 0 Å². The molecule has 1 N–H and O–H groups in total. The number of amides is 1. The molecule has 2 aromatic rings. The fourth-order valence-electron chi connectivity index (χ4n) is 1.85. The average molecular weight is 357 g/mol. The zero-order valence-corrected chi connectivity index (χ0v) is 13.8. The number of hydrogen-bond donors (Lipinski definition) is 1. The Labute approximate surface area is 131 Å². The van der Waals surface area contributed by atoms with Gasteiger partial charge in [-0.3, -0.25) is 4.79 Å². The summed E-state index contributed by atoms with van der Waals surface area (Å²) in [6, 6.07) is 5.41. The smallest absolute Gasteiger partial charge is 0.273 e. The van der Waals surface area contributed by atoms with Gasteiger partial charge in [-0.05, 0) is 54.9 Å². The lowest BCUT2D eigenvalue weighted by atomic mass is 10.3. The maximum absolute atomic E-state index is 12.3. The van der Waals surface area contributed by atoms with E-state index in [4.69, 9.17) is 11.6 Å². The van der Waals surface area contributed by atoms with Gasteiger partial charge in [0.05, 0.1) is 10.7 Å². The first-order chi connectivity index (χ1) is 9.38. The molecule has 2 heterocycles. The summed E-state index contributed by atoms with van der Waals surface area (Å²) < 4.78 is 2.74. The normalized spacial score (nSPS) is 10.9. The molecule has 4 nitrogen and oxygen atoms in total. The van der Waals surface area contributed by atoms with E-state index in [0.29, 0.717) is 16.5 Å². The van der Waals surface area contributed by atoms with Gasteiger partial charge < -0.3 is 9.88 Å². The van der Waals surface area contributed by atoms with Crippen molar-refractivity contribution in [2.75, 3.05) is 5.32 Å². The number of carbonyl (C=O) groups excluding carboxylic acids is 1. The van der Waals surface area contributed by atoms with E-state index < -0.39 is 0 Å². The molecule has 0 atom stereocenters. The summed E-state index contributed by atoms with van der Waals surface area (Å²) in [7, 11) is 0. The zero-order valence-electron chi connectivity index (χ0n) is 11.4. The van der Waals surface area contributed by atoms with Gasteiger partial charge in [-0.1, -0.05) is 11.6 Å². The minimum atomic E-state index is -0.222. The minimum absolute atomic E-state index is 0.155. The fourth-order valence-corrected chi connectivity index (χ4v) is 2.28. The third kappa shape index (κ3) is 3.22. The molecule has 0 radical (unpaired) electrons. The molecular weight excluding hydrogens is 342 g/mol. The molecule has 0 aromatic carbocycles. The molecule has 2 aromatic heterocycles. The number of nitrogens with zero attached hydrogens (tertiary/aromatic N) is 2. The van der Waals surface area contributed by atoms with Crippen molar-refractivity contribution in [3.8, 4) is 0 Å². The third-order valence-corrected chi connectivity index (χ3v) is 3.91. The standard InChI is InChI=1S/C14H15BrClN3O/c1-8(2)19-7-10(16)6-12(19)14(20)18-13-5-4-11(15)9(3)17-13/h4-8H,1-3H3,(H,17,18,20). The highest BCUT2D eigenvalue weighted by Gasteiger charge is 2.15. The Morgan fingerprint density at radius 3 is 2.75 bits per heavy atom. The summed E-state index contributed by atoms with van der Waals surface area (Å²) in [5.41, 5.74) is 1.34. The van der Waals surface area contributed by atoms with Crippen LogP contribution in [-0.4, -0.2) is 15.5 Å². The lowest BCUT2D eigenvalue weighted by Crippen LogP contribution is -2.18. The first-order valence-electron chi connectivity index (χ1n) is 6.20. The quantitative estimate of drug-likeness (QED) is 0.883. The average Bonchev–Trinajstić information content (AvgIpc) is 2.76. The number of halogens is 2. The molecule has 6 heteroatoms. The van der Waals surface area contributed by atoms with E-state index in [1.165, 1.54) is 0 Å². The van der Waals surface area contributed by atoms with Crippen LogP contribution in [0.2, 0.25) is 5.02 Å². The molecule has 0 aliphatic carbocycles. The van der Waals surface area contributed by atoms with Crippen LogP contribution in [-0.2, 0) is 0 Å². The largest absolute Gasteiger partial charge is 0.339 e. The molecular formula is C14H15BrClN3O. The van der Waals surface area contributed by atoms with Crippen molar-refractivity contribution < 1.29 is 4.79 Å². The number of hydrogen-bond acceptors (Lipinski definition) is 2. The molecule has 0 fully saturated rings. The summed E-state index contributed by atoms with van der Waals surface area (Å²) in [5.74, 6) is 0.295. The van der Waals surface area contributed by atoms with Crippen molar-refractivity contribution in [1.29, 1.82) is 0 Å². The summed E-state index contributed by atoms with van der Waals surface area (Å²) in [6.07, 6.45) is 1.75. The van der Waals surface area contributed by atoms with Crippen molar-refractivity contribution in [2.24, 2.45) is 0 Å². The van der Waals surface area contributed by atoms with Gasteiger partial charge in [0.1, 0.15) is 11.5 Å². The van der Waals surface area contributed by atoms with Crippen LogP contribution in [0.15, 0.2) is 28.9 Å². The summed E-state index contributed by atoms with van der Waals surface area (Å²) in [5, 5.41) is 3.33. The first kappa shape index (κ1) is 15.1. The molecule has 20 heavy (non-hydrogen) atoms. The van der Waals surface area contributed by atoms with E-state index in [1.807, 2.05) is 31.4 Å². The molecule has 0 unspecified atom stereocenters. The van der Waals surface area contributed by atoms with E-state index in [2.05, 4.69) is 26.2 Å². The fraction of sp³-hybridized carbons (Fsp3) is 0.286. The number of rotatable bonds is 3. The molecule has 106 valence electrons. The maximum Gasteiger partial charge on any atom is 0.273 e. The van der Waals surface area contributed by atoms with E-state index in [-0.39, 0.29) is 11.9 Å². The van der Waals surface area contributed by atoms with Gasteiger partial charge in [0, 0.05) is 16.7 Å². The van der Waals surface area contributed by atoms with Crippen LogP contribution >= 0.6 is 27.5 Å². The SMILES string of the molecule is Cc1nc(NC(=O)c2cc(Cl)cn2C(C)C)ccc1Br. The molecule has 0 spiro atoms. The number of aryl methyl sites for hydroxylation is 1. The van der Waals surface area contributed by atoms with Crippen LogP contribution in [0.4, 0.5) is 5.82 Å². The van der Waals surface area contributed by atoms with Crippen LogP contribution in [0.25, 0.3) is 0 Å². The van der Waals surface area contributed by atoms with Gasteiger partial charge in [-0.2, -0.15) is 0 Å². The predicted molar refractivity (Wildman–Crippen MR) is 84.5 cm³/mol. The van der Waals surface area contributed by atoms with Gasteiger partial charge in [-0.15, -0.1) is 0 Å². The third-order valence-electron chi connectivity index (χ3n) is 2.87. The van der Waals surface area contributed by atoms with Gasteiger partial charge in [0.25, 0.3) is 5.91 Å². The van der Waals surface area contributed by atoms with Crippen LogP contribution < -0.4 is 5.32 Å². The molecule has 1 amide bonds. The highest BCUT2D eigenvalue weighted by molar-refractivity contribution is 9.10. The van der Waals surface area contributed by atoms with E-state index >= 15 is 0 Å². The summed E-state index contributed by atoms with van der Waals surface area (Å²) in [4.78, 5) is 16.6. The number of carbonyl (C=O) groups is 1. The van der Waals surface area contributed by atoms with E-state index in [9.17, 15) is 4.79 Å². The highest BCUT2D eigenvalue weighted by atomic mass is 79.9. The van der Waals surface area contributed by atoms with Gasteiger partial charge >= 0.3 is 0 Å². The highest BCUT2D eigenvalue weighted by Crippen LogP contribution is 2.21. The van der Waals surface area contributed by atoms with E-state index in [1.54, 1.807) is 18.3 Å². The molecule has 2 rings (SSSR count). The Balaban J connectivity index is 2.26. The van der Waals surface area contributed by atoms with Crippen molar-refractivity contribution in [2.45, 2.75) is 26.8 Å². The second kappa shape index (κ2) is 5.97. The molecule has 0 aliphatic rings. The molecule has 0 saturated heterocycles. The van der Waals surface area contributed by atoms with Crippen molar-refractivity contribution >= 4 is 39.3 Å². The maximum atomic E-state index is 12.3. The Kier molecular flexibility index (Phi) is 4.50. The van der Waals surface area contributed by atoms with Crippen molar-refractivity contribution in [3.05, 3.63) is 45.3 Å². The molecule has 0 bridgehead atoms. The molecule has 0 aliphatic heterocycles. The van der Waals surface area contributed by atoms with Crippen LogP contribution in [0, 0.1) is 6.92 Å². The Morgan fingerprint density at radius 1 is 1.45 bits per heavy atom. The van der Waals surface area contributed by atoms with Crippen LogP contribution in [0.5, 0.6) is 0 Å². The van der Waals surface area contributed by atoms with Crippen molar-refractivity contribution in [3.63, 3.8) is 0 Å². The number of nitrogens with one attached hydrogen (secondary N) is 1. The van der Waals surface area contributed by atoms with Crippen LogP contribution in [0.3, 0.4) is 0 Å². The predicted octanol–water partition coefficient (Wildman–Crippen LogP) is 4.44. The monoisotopic (exact) mass is 355 g/mol. The van der Waals surface area contributed by atoms with Gasteiger partial charge in [0.2, 0.25) is 0 Å². The lowest BCUT2D eigenvalue weighted by molar-refractivity contribution is 0.101. The lowest BCUT2D eigenvalue weighted by Gasteiger charge is -2.12. The van der Waals surface area contributed by atoms with Gasteiger partial charge in [-0.25, -0.2) is 4.98 Å². The summed E-state index contributed by atoms with van der Waals surface area (Å²) in [6.45, 7) is 5.86. The topological polar surface area (TPSA) is 46.9 Å². The van der Waals surface area contributed by atoms with E-state index in [0.717, 1.165) is 10.2 Å². The number of aromatic nitrogens is 2. The Hall–Kier alpha value is -1.33. The first-order valence-corrected chi connectivity index (χ1v) is 7.37. The second-order valence-electron chi connectivity index (χ2n) is 4.76. The summed E-state index contributed by atoms with van der Waals surface area (Å²) >= 11 is 9.36. The minimum Gasteiger partial charge on any atom is -0.339 e.